The molecule has 0 aliphatic rings. The Kier molecular flexibility index (Phi) is 7.37. The van der Waals surface area contributed by atoms with Crippen LogP contribution >= 0.6 is 11.3 Å². The molecule has 0 saturated heterocycles. The fourth-order valence-corrected chi connectivity index (χ4v) is 4.08. The average Bonchev–Trinajstić information content (AvgIpc) is 3.09. The van der Waals surface area contributed by atoms with Crippen molar-refractivity contribution in [2.75, 3.05) is 26.9 Å². The number of carbonyl (C=O) groups excluding carboxylic acids is 1. The molecule has 0 radical (unpaired) electrons. The van der Waals surface area contributed by atoms with Gasteiger partial charge in [-0.1, -0.05) is 11.3 Å². The Labute approximate surface area is 182 Å². The van der Waals surface area contributed by atoms with Crippen molar-refractivity contribution in [3.8, 4) is 11.5 Å². The second-order valence-electron chi connectivity index (χ2n) is 6.38. The number of nitro benzene ring substituents is 1. The number of benzene rings is 2. The first-order chi connectivity index (χ1) is 15.0. The highest BCUT2D eigenvalue weighted by atomic mass is 32.1. The van der Waals surface area contributed by atoms with Crippen LogP contribution in [0.15, 0.2) is 41.4 Å². The number of fused-ring (bicyclic) bond motifs is 1. The van der Waals surface area contributed by atoms with Gasteiger partial charge in [0.25, 0.3) is 11.6 Å². The number of amides is 1. The van der Waals surface area contributed by atoms with Gasteiger partial charge in [-0.05, 0) is 38.1 Å². The lowest BCUT2D eigenvalue weighted by atomic mass is 10.2. The Morgan fingerprint density at radius 1 is 1.13 bits per heavy atom. The molecule has 0 fully saturated rings. The maximum Gasteiger partial charge on any atom is 0.279 e. The lowest BCUT2D eigenvalue weighted by Crippen LogP contribution is -2.19. The predicted molar refractivity (Wildman–Crippen MR) is 117 cm³/mol. The minimum absolute atomic E-state index is 0.0154. The molecule has 2 aromatic carbocycles. The van der Waals surface area contributed by atoms with E-state index in [1.54, 1.807) is 31.4 Å². The second kappa shape index (κ2) is 10.2. The monoisotopic (exact) mass is 445 g/mol. The molecule has 0 bridgehead atoms. The van der Waals surface area contributed by atoms with Gasteiger partial charge >= 0.3 is 0 Å². The van der Waals surface area contributed by atoms with Gasteiger partial charge in [-0.15, -0.1) is 0 Å². The number of thiazole rings is 1. The highest BCUT2D eigenvalue weighted by Gasteiger charge is 2.15. The molecular weight excluding hydrogens is 422 g/mol. The number of rotatable bonds is 9. The van der Waals surface area contributed by atoms with Crippen LogP contribution < -0.4 is 14.3 Å². The van der Waals surface area contributed by atoms with Crippen molar-refractivity contribution >= 4 is 33.1 Å². The van der Waals surface area contributed by atoms with Crippen LogP contribution in [0.1, 0.15) is 24.2 Å². The molecule has 0 aliphatic heterocycles. The van der Waals surface area contributed by atoms with Crippen LogP contribution in [0.25, 0.3) is 10.2 Å². The maximum atomic E-state index is 12.9. The Balaban J connectivity index is 2.06. The third-order valence-electron chi connectivity index (χ3n) is 4.38. The van der Waals surface area contributed by atoms with Gasteiger partial charge < -0.3 is 18.8 Å². The van der Waals surface area contributed by atoms with Gasteiger partial charge in [0.2, 0.25) is 0 Å². The molecule has 0 aliphatic carbocycles. The molecule has 0 spiro atoms. The molecule has 31 heavy (non-hydrogen) atoms. The van der Waals surface area contributed by atoms with Crippen molar-refractivity contribution in [2.24, 2.45) is 4.99 Å². The summed E-state index contributed by atoms with van der Waals surface area (Å²) in [7, 11) is 1.58. The smallest absolute Gasteiger partial charge is 0.279 e. The number of carbonyl (C=O) groups is 1. The van der Waals surface area contributed by atoms with Crippen molar-refractivity contribution in [3.63, 3.8) is 0 Å². The van der Waals surface area contributed by atoms with Gasteiger partial charge in [-0.25, -0.2) is 0 Å². The molecule has 3 aromatic rings. The van der Waals surface area contributed by atoms with Crippen LogP contribution in [-0.4, -0.2) is 42.3 Å². The van der Waals surface area contributed by atoms with Crippen molar-refractivity contribution in [1.29, 1.82) is 0 Å². The summed E-state index contributed by atoms with van der Waals surface area (Å²) >= 11 is 1.21. The van der Waals surface area contributed by atoms with Crippen LogP contribution in [0.4, 0.5) is 5.69 Å². The molecule has 164 valence electrons. The number of ether oxygens (including phenoxy) is 3. The zero-order valence-corrected chi connectivity index (χ0v) is 18.3. The molecule has 1 heterocycles. The molecule has 3 rings (SSSR count). The first kappa shape index (κ1) is 22.4. The number of hydrogen-bond acceptors (Lipinski definition) is 7. The molecule has 1 aromatic heterocycles. The van der Waals surface area contributed by atoms with Crippen molar-refractivity contribution in [3.05, 3.63) is 56.9 Å². The van der Waals surface area contributed by atoms with Crippen molar-refractivity contribution in [1.82, 2.24) is 4.57 Å². The van der Waals surface area contributed by atoms with E-state index in [-0.39, 0.29) is 5.69 Å². The van der Waals surface area contributed by atoms with Gasteiger partial charge in [-0.3, -0.25) is 14.9 Å². The predicted octanol–water partition coefficient (Wildman–Crippen LogP) is 3.80. The molecular formula is C21H23N3O6S. The fourth-order valence-electron chi connectivity index (χ4n) is 3.00. The molecule has 0 saturated carbocycles. The maximum absolute atomic E-state index is 12.9. The topological polar surface area (TPSA) is 105 Å². The van der Waals surface area contributed by atoms with Crippen LogP contribution in [0, 0.1) is 10.1 Å². The summed E-state index contributed by atoms with van der Waals surface area (Å²) in [5.74, 6) is 0.589. The number of methoxy groups -OCH3 is 1. The summed E-state index contributed by atoms with van der Waals surface area (Å²) in [6, 6.07) is 9.51. The minimum atomic E-state index is -0.449. The SMILES string of the molecule is CCOc1ccc(C(=O)N=c2sc3cc([N+](=O)[O-])ccc3n2CCOC)cc1OCC. The zero-order valence-electron chi connectivity index (χ0n) is 17.5. The van der Waals surface area contributed by atoms with E-state index >= 15 is 0 Å². The zero-order chi connectivity index (χ0) is 22.4. The third-order valence-corrected chi connectivity index (χ3v) is 5.42. The molecule has 9 nitrogen and oxygen atoms in total. The normalized spacial score (nSPS) is 11.6. The summed E-state index contributed by atoms with van der Waals surface area (Å²) < 4.78 is 18.8. The number of nitrogens with zero attached hydrogens (tertiary/aromatic N) is 3. The Morgan fingerprint density at radius 2 is 1.87 bits per heavy atom. The van der Waals surface area contributed by atoms with E-state index in [1.165, 1.54) is 23.5 Å². The summed E-state index contributed by atoms with van der Waals surface area (Å²) in [5.41, 5.74) is 1.09. The van der Waals surface area contributed by atoms with E-state index in [0.717, 1.165) is 5.52 Å². The third kappa shape index (κ3) is 5.09. The van der Waals surface area contributed by atoms with Crippen LogP contribution in [0.5, 0.6) is 11.5 Å². The Bertz CT molecular complexity index is 1170. The summed E-state index contributed by atoms with van der Waals surface area (Å²) in [6.45, 7) is 5.49. The fraction of sp³-hybridized carbons (Fsp3) is 0.333. The standard InChI is InChI=1S/C21H23N3O6S/c1-4-29-17-9-6-14(12-18(17)30-5-2)20(25)22-21-23(10-11-28-3)16-8-7-15(24(26)27)13-19(16)31-21/h6-9,12-13H,4-5,10-11H2,1-3H3. The lowest BCUT2D eigenvalue weighted by Gasteiger charge is -2.11. The molecule has 0 unspecified atom stereocenters. The van der Waals surface area contributed by atoms with E-state index < -0.39 is 10.8 Å². The number of hydrogen-bond donors (Lipinski definition) is 0. The molecule has 10 heteroatoms. The largest absolute Gasteiger partial charge is 0.490 e. The second-order valence-corrected chi connectivity index (χ2v) is 7.39. The van der Waals surface area contributed by atoms with Crippen molar-refractivity contribution < 1.29 is 23.9 Å². The average molecular weight is 445 g/mol. The first-order valence-electron chi connectivity index (χ1n) is 9.73. The first-order valence-corrected chi connectivity index (χ1v) is 10.6. The number of non-ortho nitro benzene ring substituents is 1. The summed E-state index contributed by atoms with van der Waals surface area (Å²) in [6.07, 6.45) is 0. The van der Waals surface area contributed by atoms with Gasteiger partial charge in [0.15, 0.2) is 16.3 Å². The van der Waals surface area contributed by atoms with Gasteiger partial charge in [0, 0.05) is 31.4 Å². The highest BCUT2D eigenvalue weighted by Crippen LogP contribution is 2.29. The van der Waals surface area contributed by atoms with Crippen LogP contribution in [0.2, 0.25) is 0 Å². The highest BCUT2D eigenvalue weighted by molar-refractivity contribution is 7.16. The quantitative estimate of drug-likeness (QED) is 0.366. The van der Waals surface area contributed by atoms with E-state index in [0.29, 0.717) is 52.9 Å². The van der Waals surface area contributed by atoms with Crippen LogP contribution in [0.3, 0.4) is 0 Å². The van der Waals surface area contributed by atoms with Gasteiger partial charge in [0.1, 0.15) is 0 Å². The van der Waals surface area contributed by atoms with Gasteiger partial charge in [-0.2, -0.15) is 4.99 Å². The lowest BCUT2D eigenvalue weighted by molar-refractivity contribution is -0.384. The van der Waals surface area contributed by atoms with Crippen LogP contribution in [-0.2, 0) is 11.3 Å². The van der Waals surface area contributed by atoms with E-state index in [1.807, 2.05) is 18.4 Å². The van der Waals surface area contributed by atoms with Crippen molar-refractivity contribution in [2.45, 2.75) is 20.4 Å². The molecule has 1 amide bonds. The number of aromatic nitrogens is 1. The molecule has 0 N–H and O–H groups in total. The number of nitro groups is 1. The van der Waals surface area contributed by atoms with E-state index in [9.17, 15) is 14.9 Å². The summed E-state index contributed by atoms with van der Waals surface area (Å²) in [5, 5.41) is 11.1. The Morgan fingerprint density at radius 3 is 2.55 bits per heavy atom. The summed E-state index contributed by atoms with van der Waals surface area (Å²) in [4.78, 5) is 28.3. The van der Waals surface area contributed by atoms with E-state index in [4.69, 9.17) is 14.2 Å². The molecule has 0 atom stereocenters. The Hall–Kier alpha value is -3.24. The van der Waals surface area contributed by atoms with E-state index in [2.05, 4.69) is 4.99 Å². The van der Waals surface area contributed by atoms with Gasteiger partial charge in [0.05, 0.1) is 35.0 Å². The minimum Gasteiger partial charge on any atom is -0.490 e.